The average Bonchev–Trinajstić information content (AvgIpc) is 2.07. The van der Waals surface area contributed by atoms with E-state index >= 15 is 0 Å². The molecule has 1 aliphatic rings. The molecule has 1 aliphatic carbocycles. The van der Waals surface area contributed by atoms with Gasteiger partial charge in [0.05, 0.1) is 5.70 Å². The second-order valence-corrected chi connectivity index (χ2v) is 3.83. The third kappa shape index (κ3) is 2.40. The van der Waals surface area contributed by atoms with Crippen LogP contribution in [0.2, 0.25) is 0 Å². The summed E-state index contributed by atoms with van der Waals surface area (Å²) >= 11 is 5.87. The number of rotatable bonds is 1. The fourth-order valence-corrected chi connectivity index (χ4v) is 1.41. The van der Waals surface area contributed by atoms with Gasteiger partial charge in [-0.25, -0.2) is 0 Å². The van der Waals surface area contributed by atoms with Crippen LogP contribution in [0.5, 0.6) is 0 Å². The number of hydrogen-bond donors (Lipinski definition) is 2. The molecule has 2 N–H and O–H groups in total. The Bertz CT molecular complexity index is 264. The molecule has 0 saturated carbocycles. The van der Waals surface area contributed by atoms with E-state index < -0.39 is 0 Å². The van der Waals surface area contributed by atoms with Gasteiger partial charge >= 0.3 is 0 Å². The lowest BCUT2D eigenvalue weighted by Crippen LogP contribution is -2.04. The van der Waals surface area contributed by atoms with E-state index in [1.165, 1.54) is 0 Å². The third-order valence-corrected chi connectivity index (χ3v) is 1.84. The molecule has 0 aromatic heterocycles. The highest BCUT2D eigenvalue weighted by molar-refractivity contribution is 6.31. The Morgan fingerprint density at radius 3 is 2.75 bits per heavy atom. The standard InChI is InChI=1S/C9H12ClNO/c1-9(2)4-3-8(11-12)5-7(10)6-9/h3-6,11-12H,1-2H3. The maximum Gasteiger partial charge on any atom is 0.0613 e. The average molecular weight is 186 g/mol. The molecular formula is C9H12ClNO. The molecule has 0 unspecified atom stereocenters. The van der Waals surface area contributed by atoms with E-state index in [1.54, 1.807) is 12.2 Å². The second kappa shape index (κ2) is 3.33. The van der Waals surface area contributed by atoms with Crippen molar-refractivity contribution in [3.05, 3.63) is 35.0 Å². The molecule has 0 heterocycles. The molecule has 3 heteroatoms. The highest BCUT2D eigenvalue weighted by atomic mass is 35.5. The molecule has 12 heavy (non-hydrogen) atoms. The van der Waals surface area contributed by atoms with Gasteiger partial charge in [0.1, 0.15) is 0 Å². The topological polar surface area (TPSA) is 32.3 Å². The minimum atomic E-state index is -0.0633. The van der Waals surface area contributed by atoms with E-state index in [0.29, 0.717) is 10.7 Å². The van der Waals surface area contributed by atoms with Crippen LogP contribution in [0.15, 0.2) is 35.0 Å². The second-order valence-electron chi connectivity index (χ2n) is 3.40. The first-order chi connectivity index (χ1) is 5.53. The molecule has 0 fully saturated rings. The molecular weight excluding hydrogens is 174 g/mol. The molecule has 0 saturated heterocycles. The molecule has 1 rings (SSSR count). The summed E-state index contributed by atoms with van der Waals surface area (Å²) in [4.78, 5) is 0. The van der Waals surface area contributed by atoms with Gasteiger partial charge in [0.15, 0.2) is 0 Å². The van der Waals surface area contributed by atoms with Crippen molar-refractivity contribution < 1.29 is 5.21 Å². The molecule has 0 aromatic carbocycles. The summed E-state index contributed by atoms with van der Waals surface area (Å²) in [6, 6.07) is 0. The first kappa shape index (κ1) is 9.36. The monoisotopic (exact) mass is 185 g/mol. The molecule has 0 aliphatic heterocycles. The van der Waals surface area contributed by atoms with Gasteiger partial charge in [-0.05, 0) is 12.2 Å². The summed E-state index contributed by atoms with van der Waals surface area (Å²) < 4.78 is 0. The van der Waals surface area contributed by atoms with Crippen molar-refractivity contribution in [2.75, 3.05) is 0 Å². The fraction of sp³-hybridized carbons (Fsp3) is 0.333. The minimum Gasteiger partial charge on any atom is -0.291 e. The van der Waals surface area contributed by atoms with Gasteiger partial charge in [-0.3, -0.25) is 10.7 Å². The number of halogens is 1. The van der Waals surface area contributed by atoms with Crippen molar-refractivity contribution in [2.45, 2.75) is 13.8 Å². The van der Waals surface area contributed by atoms with Crippen LogP contribution in [0, 0.1) is 5.41 Å². The summed E-state index contributed by atoms with van der Waals surface area (Å²) in [5.74, 6) is 0. The van der Waals surface area contributed by atoms with Crippen molar-refractivity contribution in [1.29, 1.82) is 0 Å². The van der Waals surface area contributed by atoms with Gasteiger partial charge in [0.25, 0.3) is 0 Å². The van der Waals surface area contributed by atoms with Crippen molar-refractivity contribution in [3.8, 4) is 0 Å². The van der Waals surface area contributed by atoms with E-state index in [0.717, 1.165) is 0 Å². The predicted octanol–water partition coefficient (Wildman–Crippen LogP) is 2.57. The highest BCUT2D eigenvalue weighted by Crippen LogP contribution is 2.26. The van der Waals surface area contributed by atoms with Gasteiger partial charge in [-0.2, -0.15) is 0 Å². The van der Waals surface area contributed by atoms with Crippen molar-refractivity contribution >= 4 is 11.6 Å². The third-order valence-electron chi connectivity index (χ3n) is 1.62. The Hall–Kier alpha value is -0.730. The maximum absolute atomic E-state index is 8.65. The first-order valence-corrected chi connectivity index (χ1v) is 4.11. The lowest BCUT2D eigenvalue weighted by atomic mass is 9.93. The van der Waals surface area contributed by atoms with Crippen molar-refractivity contribution in [2.24, 2.45) is 5.41 Å². The molecule has 66 valence electrons. The van der Waals surface area contributed by atoms with Crippen LogP contribution < -0.4 is 5.48 Å². The Kier molecular flexibility index (Phi) is 2.60. The maximum atomic E-state index is 8.65. The molecule has 0 amide bonds. The van der Waals surface area contributed by atoms with Gasteiger partial charge < -0.3 is 0 Å². The van der Waals surface area contributed by atoms with E-state index in [9.17, 15) is 0 Å². The largest absolute Gasteiger partial charge is 0.291 e. The number of hydroxylamine groups is 1. The van der Waals surface area contributed by atoms with Crippen LogP contribution >= 0.6 is 11.6 Å². The molecule has 0 atom stereocenters. The van der Waals surface area contributed by atoms with Gasteiger partial charge in [-0.15, -0.1) is 0 Å². The predicted molar refractivity (Wildman–Crippen MR) is 49.9 cm³/mol. The molecule has 0 aromatic rings. The van der Waals surface area contributed by atoms with Crippen LogP contribution in [0.4, 0.5) is 0 Å². The van der Waals surface area contributed by atoms with Crippen LogP contribution in [-0.4, -0.2) is 5.21 Å². The zero-order chi connectivity index (χ0) is 9.19. The lowest BCUT2D eigenvalue weighted by Gasteiger charge is -2.12. The quantitative estimate of drug-likeness (QED) is 0.616. The molecule has 0 spiro atoms. The summed E-state index contributed by atoms with van der Waals surface area (Å²) in [5.41, 5.74) is 2.60. The van der Waals surface area contributed by atoms with Crippen molar-refractivity contribution in [1.82, 2.24) is 5.48 Å². The van der Waals surface area contributed by atoms with E-state index in [2.05, 4.69) is 5.48 Å². The zero-order valence-electron chi connectivity index (χ0n) is 7.13. The molecule has 0 radical (unpaired) electrons. The smallest absolute Gasteiger partial charge is 0.0613 e. The Balaban J connectivity index is 2.98. The van der Waals surface area contributed by atoms with E-state index in [-0.39, 0.29) is 5.41 Å². The lowest BCUT2D eigenvalue weighted by molar-refractivity contribution is 0.205. The Labute approximate surface area is 77.2 Å². The summed E-state index contributed by atoms with van der Waals surface area (Å²) in [5, 5.41) is 9.28. The first-order valence-electron chi connectivity index (χ1n) is 3.73. The molecule has 0 bridgehead atoms. The summed E-state index contributed by atoms with van der Waals surface area (Å²) in [6.45, 7) is 4.08. The summed E-state index contributed by atoms with van der Waals surface area (Å²) in [6.07, 6.45) is 7.37. The number of nitrogens with one attached hydrogen (secondary N) is 1. The minimum absolute atomic E-state index is 0.0633. The van der Waals surface area contributed by atoms with Crippen LogP contribution in [0.3, 0.4) is 0 Å². The number of allylic oxidation sites excluding steroid dienone is 5. The SMILES string of the molecule is CC1(C)C=CC(NO)=CC(Cl)=C1. The van der Waals surface area contributed by atoms with Crippen molar-refractivity contribution in [3.63, 3.8) is 0 Å². The number of hydrogen-bond acceptors (Lipinski definition) is 2. The summed E-state index contributed by atoms with van der Waals surface area (Å²) in [7, 11) is 0. The normalized spacial score (nSPS) is 21.0. The molecule has 2 nitrogen and oxygen atoms in total. The van der Waals surface area contributed by atoms with E-state index in [4.69, 9.17) is 16.8 Å². The van der Waals surface area contributed by atoms with Gasteiger partial charge in [0, 0.05) is 10.4 Å². The Morgan fingerprint density at radius 1 is 1.50 bits per heavy atom. The Morgan fingerprint density at radius 2 is 2.17 bits per heavy atom. The van der Waals surface area contributed by atoms with E-state index in [1.807, 2.05) is 26.0 Å². The highest BCUT2D eigenvalue weighted by Gasteiger charge is 2.13. The van der Waals surface area contributed by atoms with Crippen LogP contribution in [0.1, 0.15) is 13.8 Å². The fourth-order valence-electron chi connectivity index (χ4n) is 1.02. The van der Waals surface area contributed by atoms with Gasteiger partial charge in [-0.1, -0.05) is 37.6 Å². The zero-order valence-corrected chi connectivity index (χ0v) is 7.89. The van der Waals surface area contributed by atoms with Gasteiger partial charge in [0.2, 0.25) is 0 Å². The van der Waals surface area contributed by atoms with Crippen LogP contribution in [-0.2, 0) is 0 Å². The van der Waals surface area contributed by atoms with Crippen LogP contribution in [0.25, 0.3) is 0 Å².